The Bertz CT molecular complexity index is 498. The molecule has 1 fully saturated rings. The molecule has 4 nitrogen and oxygen atoms in total. The molecular formula is C19H30N2O2. The summed E-state index contributed by atoms with van der Waals surface area (Å²) in [7, 11) is 3.55. The monoisotopic (exact) mass is 318 g/mol. The molecule has 0 radical (unpaired) electrons. The van der Waals surface area contributed by atoms with Crippen molar-refractivity contribution in [2.45, 2.75) is 51.6 Å². The molecule has 128 valence electrons. The molecule has 4 heteroatoms. The third-order valence-electron chi connectivity index (χ3n) is 4.82. The minimum atomic E-state index is 0.195. The number of benzene rings is 1. The van der Waals surface area contributed by atoms with Crippen molar-refractivity contribution < 1.29 is 9.53 Å². The highest BCUT2D eigenvalue weighted by Crippen LogP contribution is 2.22. The van der Waals surface area contributed by atoms with Crippen LogP contribution in [0.5, 0.6) is 5.75 Å². The van der Waals surface area contributed by atoms with E-state index in [1.165, 1.54) is 32.1 Å². The zero-order chi connectivity index (χ0) is 16.7. The predicted octanol–water partition coefficient (Wildman–Crippen LogP) is 3.31. The van der Waals surface area contributed by atoms with E-state index in [-0.39, 0.29) is 5.91 Å². The fourth-order valence-electron chi connectivity index (χ4n) is 3.37. The standard InChI is InChI=1S/C19H30N2O2/c1-4-21(17-10-6-5-7-11-17)15-19(22)20(2)14-16-9-8-12-18(13-16)23-3/h8-9,12-13,17H,4-7,10-11,14-15H2,1-3H3. The van der Waals surface area contributed by atoms with E-state index >= 15 is 0 Å². The Labute approximate surface area is 140 Å². The van der Waals surface area contributed by atoms with Gasteiger partial charge in [-0.15, -0.1) is 0 Å². The molecule has 0 bridgehead atoms. The third kappa shape index (κ3) is 5.24. The Morgan fingerprint density at radius 1 is 1.26 bits per heavy atom. The van der Waals surface area contributed by atoms with Crippen LogP contribution in [-0.4, -0.2) is 49.0 Å². The Kier molecular flexibility index (Phi) is 6.90. The van der Waals surface area contributed by atoms with Crippen molar-refractivity contribution in [3.05, 3.63) is 29.8 Å². The largest absolute Gasteiger partial charge is 0.497 e. The summed E-state index contributed by atoms with van der Waals surface area (Å²) in [6.45, 7) is 4.26. The van der Waals surface area contributed by atoms with Gasteiger partial charge in [-0.1, -0.05) is 38.3 Å². The highest BCUT2D eigenvalue weighted by Gasteiger charge is 2.23. The van der Waals surface area contributed by atoms with E-state index in [0.717, 1.165) is 17.9 Å². The Balaban J connectivity index is 1.90. The minimum absolute atomic E-state index is 0.195. The zero-order valence-electron chi connectivity index (χ0n) is 14.8. The molecule has 0 heterocycles. The normalized spacial score (nSPS) is 15.7. The molecule has 2 rings (SSSR count). The molecule has 0 unspecified atom stereocenters. The van der Waals surface area contributed by atoms with Crippen LogP contribution in [0.25, 0.3) is 0 Å². The molecule has 1 amide bonds. The molecule has 0 aromatic heterocycles. The van der Waals surface area contributed by atoms with Gasteiger partial charge in [0.25, 0.3) is 0 Å². The number of ether oxygens (including phenoxy) is 1. The number of likely N-dealkylation sites (N-methyl/N-ethyl adjacent to an activating group) is 2. The van der Waals surface area contributed by atoms with Crippen molar-refractivity contribution in [2.24, 2.45) is 0 Å². The van der Waals surface area contributed by atoms with E-state index in [1.54, 1.807) is 7.11 Å². The summed E-state index contributed by atoms with van der Waals surface area (Å²) in [5.74, 6) is 1.03. The van der Waals surface area contributed by atoms with E-state index in [9.17, 15) is 4.79 Å². The molecule has 0 aliphatic heterocycles. The number of hydrogen-bond donors (Lipinski definition) is 0. The molecule has 0 N–H and O–H groups in total. The van der Waals surface area contributed by atoms with Crippen molar-refractivity contribution in [2.75, 3.05) is 27.2 Å². The van der Waals surface area contributed by atoms with Crippen molar-refractivity contribution in [1.29, 1.82) is 0 Å². The zero-order valence-corrected chi connectivity index (χ0v) is 14.8. The maximum atomic E-state index is 12.6. The third-order valence-corrected chi connectivity index (χ3v) is 4.82. The number of rotatable bonds is 7. The number of carbonyl (C=O) groups is 1. The summed E-state index contributed by atoms with van der Waals surface area (Å²) in [6.07, 6.45) is 6.42. The van der Waals surface area contributed by atoms with E-state index in [0.29, 0.717) is 19.1 Å². The van der Waals surface area contributed by atoms with Crippen molar-refractivity contribution in [1.82, 2.24) is 9.80 Å². The molecule has 1 saturated carbocycles. The summed E-state index contributed by atoms with van der Waals surface area (Å²) in [5.41, 5.74) is 1.10. The number of amides is 1. The molecule has 1 aromatic rings. The highest BCUT2D eigenvalue weighted by molar-refractivity contribution is 5.78. The lowest BCUT2D eigenvalue weighted by molar-refractivity contribution is -0.132. The maximum absolute atomic E-state index is 12.6. The summed E-state index contributed by atoms with van der Waals surface area (Å²) in [5, 5.41) is 0. The Morgan fingerprint density at radius 2 is 2.00 bits per heavy atom. The lowest BCUT2D eigenvalue weighted by Gasteiger charge is -2.34. The minimum Gasteiger partial charge on any atom is -0.497 e. The quantitative estimate of drug-likeness (QED) is 0.773. The first-order chi connectivity index (χ1) is 11.1. The van der Waals surface area contributed by atoms with Crippen LogP contribution in [0.2, 0.25) is 0 Å². The van der Waals surface area contributed by atoms with Crippen molar-refractivity contribution in [3.8, 4) is 5.75 Å². The second-order valence-electron chi connectivity index (χ2n) is 6.46. The Hall–Kier alpha value is -1.55. The molecule has 1 aliphatic rings. The fraction of sp³-hybridized carbons (Fsp3) is 0.632. The van der Waals surface area contributed by atoms with Gasteiger partial charge in [0.05, 0.1) is 13.7 Å². The van der Waals surface area contributed by atoms with Gasteiger partial charge in [0.2, 0.25) is 5.91 Å². The predicted molar refractivity (Wildman–Crippen MR) is 93.6 cm³/mol. The first kappa shape index (κ1) is 17.8. The van der Waals surface area contributed by atoms with Gasteiger partial charge < -0.3 is 9.64 Å². The summed E-state index contributed by atoms with van der Waals surface area (Å²) in [6, 6.07) is 8.50. The highest BCUT2D eigenvalue weighted by atomic mass is 16.5. The maximum Gasteiger partial charge on any atom is 0.236 e. The summed E-state index contributed by atoms with van der Waals surface area (Å²) < 4.78 is 5.25. The average molecular weight is 318 g/mol. The first-order valence-electron chi connectivity index (χ1n) is 8.75. The van der Waals surface area contributed by atoms with E-state index in [4.69, 9.17) is 4.74 Å². The summed E-state index contributed by atoms with van der Waals surface area (Å²) >= 11 is 0. The number of carbonyl (C=O) groups excluding carboxylic acids is 1. The number of methoxy groups -OCH3 is 1. The van der Waals surface area contributed by atoms with Gasteiger partial charge in [0.15, 0.2) is 0 Å². The van der Waals surface area contributed by atoms with Gasteiger partial charge >= 0.3 is 0 Å². The second kappa shape index (κ2) is 8.92. The topological polar surface area (TPSA) is 32.8 Å². The van der Waals surface area contributed by atoms with Crippen LogP contribution in [0, 0.1) is 0 Å². The molecular weight excluding hydrogens is 288 g/mol. The number of nitrogens with zero attached hydrogens (tertiary/aromatic N) is 2. The van der Waals surface area contributed by atoms with Gasteiger partial charge in [0, 0.05) is 19.6 Å². The van der Waals surface area contributed by atoms with Crippen LogP contribution >= 0.6 is 0 Å². The Morgan fingerprint density at radius 3 is 2.65 bits per heavy atom. The molecule has 0 atom stereocenters. The van der Waals surface area contributed by atoms with E-state index < -0.39 is 0 Å². The molecule has 1 aliphatic carbocycles. The van der Waals surface area contributed by atoms with Gasteiger partial charge in [0.1, 0.15) is 5.75 Å². The fourth-order valence-corrected chi connectivity index (χ4v) is 3.37. The van der Waals surface area contributed by atoms with Crippen LogP contribution in [0.3, 0.4) is 0 Å². The molecule has 23 heavy (non-hydrogen) atoms. The SMILES string of the molecule is CCN(CC(=O)N(C)Cc1cccc(OC)c1)C1CCCCC1. The lowest BCUT2D eigenvalue weighted by atomic mass is 9.94. The number of hydrogen-bond acceptors (Lipinski definition) is 3. The molecule has 0 saturated heterocycles. The first-order valence-corrected chi connectivity index (χ1v) is 8.75. The average Bonchev–Trinajstić information content (AvgIpc) is 2.60. The van der Waals surface area contributed by atoms with Gasteiger partial charge in [-0.25, -0.2) is 0 Å². The van der Waals surface area contributed by atoms with Gasteiger partial charge in [-0.05, 0) is 37.1 Å². The van der Waals surface area contributed by atoms with Crippen molar-refractivity contribution in [3.63, 3.8) is 0 Å². The van der Waals surface area contributed by atoms with Crippen molar-refractivity contribution >= 4 is 5.91 Å². The van der Waals surface area contributed by atoms with E-state index in [2.05, 4.69) is 11.8 Å². The van der Waals surface area contributed by atoms with Crippen LogP contribution in [-0.2, 0) is 11.3 Å². The molecule has 1 aromatic carbocycles. The smallest absolute Gasteiger partial charge is 0.236 e. The van der Waals surface area contributed by atoms with Crippen LogP contribution < -0.4 is 4.74 Å². The lowest BCUT2D eigenvalue weighted by Crippen LogP contribution is -2.44. The van der Waals surface area contributed by atoms with E-state index in [1.807, 2.05) is 36.2 Å². The van der Waals surface area contributed by atoms with Crippen LogP contribution in [0.1, 0.15) is 44.6 Å². The molecule has 0 spiro atoms. The van der Waals surface area contributed by atoms with Crippen LogP contribution in [0.4, 0.5) is 0 Å². The second-order valence-corrected chi connectivity index (χ2v) is 6.46. The van der Waals surface area contributed by atoms with Gasteiger partial charge in [-0.3, -0.25) is 9.69 Å². The van der Waals surface area contributed by atoms with Crippen LogP contribution in [0.15, 0.2) is 24.3 Å². The summed E-state index contributed by atoms with van der Waals surface area (Å²) in [4.78, 5) is 16.7. The van der Waals surface area contributed by atoms with Gasteiger partial charge in [-0.2, -0.15) is 0 Å².